The number of aryl methyl sites for hydroxylation is 1. The van der Waals surface area contributed by atoms with E-state index in [1.165, 1.54) is 5.56 Å². The number of aromatic nitrogens is 2. The second-order valence-electron chi connectivity index (χ2n) is 11.3. The molecule has 9 heteroatoms. The number of carbonyl (C=O) groups is 3. The Bertz CT molecular complexity index is 1610. The van der Waals surface area contributed by atoms with Gasteiger partial charge in [-0.15, -0.1) is 12.4 Å². The fourth-order valence-corrected chi connectivity index (χ4v) is 5.68. The Kier molecular flexibility index (Phi) is 9.06. The normalized spacial score (nSPS) is 14.9. The SMILES string of the molecule is CCC(c1ccc2c(c1)N(C)C(=O)C(C)(C)C(=O)N2)N(CCc1cccnc1)C(=O)Cn1ccc2c(C)cccc21.Cl. The fraction of sp³-hybridized carbons (Fsp3) is 0.333. The van der Waals surface area contributed by atoms with Gasteiger partial charge in [0.05, 0.1) is 17.4 Å². The molecule has 0 saturated carbocycles. The molecule has 5 rings (SSSR count). The van der Waals surface area contributed by atoms with E-state index in [4.69, 9.17) is 0 Å². The smallest absolute Gasteiger partial charge is 0.243 e. The molecule has 1 unspecified atom stereocenters. The molecule has 0 bridgehead atoms. The van der Waals surface area contributed by atoms with Crippen LogP contribution in [0, 0.1) is 12.3 Å². The van der Waals surface area contributed by atoms with E-state index in [-0.39, 0.29) is 42.7 Å². The number of fused-ring (bicyclic) bond motifs is 2. The van der Waals surface area contributed by atoms with Gasteiger partial charge in [0.1, 0.15) is 12.0 Å². The van der Waals surface area contributed by atoms with Gasteiger partial charge in [-0.3, -0.25) is 19.4 Å². The molecule has 2 aromatic carbocycles. The van der Waals surface area contributed by atoms with Gasteiger partial charge in [0, 0.05) is 43.1 Å². The Balaban J connectivity index is 0.00000405. The second-order valence-corrected chi connectivity index (χ2v) is 11.3. The van der Waals surface area contributed by atoms with Crippen molar-refractivity contribution in [1.29, 1.82) is 0 Å². The number of hydrogen-bond donors (Lipinski definition) is 1. The summed E-state index contributed by atoms with van der Waals surface area (Å²) in [5.41, 5.74) is 4.18. The van der Waals surface area contributed by atoms with Crippen molar-refractivity contribution in [3.63, 3.8) is 0 Å². The molecule has 4 aromatic rings. The molecule has 1 atom stereocenters. The quantitative estimate of drug-likeness (QED) is 0.259. The van der Waals surface area contributed by atoms with Gasteiger partial charge in [0.15, 0.2) is 0 Å². The molecule has 8 nitrogen and oxygen atoms in total. The van der Waals surface area contributed by atoms with Crippen molar-refractivity contribution in [1.82, 2.24) is 14.5 Å². The van der Waals surface area contributed by atoms with Crippen molar-refractivity contribution >= 4 is 52.4 Å². The van der Waals surface area contributed by atoms with Gasteiger partial charge in [-0.2, -0.15) is 0 Å². The van der Waals surface area contributed by atoms with E-state index in [1.807, 2.05) is 64.3 Å². The van der Waals surface area contributed by atoms with Crippen LogP contribution in [0.1, 0.15) is 49.9 Å². The molecule has 2 aromatic heterocycles. The number of nitrogens with one attached hydrogen (secondary N) is 1. The topological polar surface area (TPSA) is 87.5 Å². The highest BCUT2D eigenvalue weighted by Crippen LogP contribution is 2.38. The average molecular weight is 588 g/mol. The van der Waals surface area contributed by atoms with Gasteiger partial charge in [-0.1, -0.05) is 31.2 Å². The van der Waals surface area contributed by atoms with E-state index in [1.54, 1.807) is 32.0 Å². The number of halogens is 1. The Morgan fingerprint density at radius 2 is 1.88 bits per heavy atom. The minimum Gasteiger partial charge on any atom is -0.338 e. The summed E-state index contributed by atoms with van der Waals surface area (Å²) < 4.78 is 2.01. The average Bonchev–Trinajstić information content (AvgIpc) is 3.36. The summed E-state index contributed by atoms with van der Waals surface area (Å²) in [4.78, 5) is 47.8. The minimum atomic E-state index is -1.19. The highest BCUT2D eigenvalue weighted by Gasteiger charge is 2.42. The van der Waals surface area contributed by atoms with Crippen LogP contribution in [0.4, 0.5) is 11.4 Å². The highest BCUT2D eigenvalue weighted by molar-refractivity contribution is 6.19. The summed E-state index contributed by atoms with van der Waals surface area (Å²) in [5.74, 6) is -0.609. The van der Waals surface area contributed by atoms with Crippen molar-refractivity contribution in [2.24, 2.45) is 5.41 Å². The van der Waals surface area contributed by atoms with Crippen LogP contribution in [0.5, 0.6) is 0 Å². The Hall–Kier alpha value is -4.17. The minimum absolute atomic E-state index is 0. The maximum absolute atomic E-state index is 14.1. The summed E-state index contributed by atoms with van der Waals surface area (Å²) in [7, 11) is 1.69. The van der Waals surface area contributed by atoms with Crippen LogP contribution in [0.2, 0.25) is 0 Å². The number of amides is 3. The first-order chi connectivity index (χ1) is 19.6. The number of pyridine rings is 1. The maximum Gasteiger partial charge on any atom is 0.243 e. The molecule has 0 radical (unpaired) electrons. The predicted molar refractivity (Wildman–Crippen MR) is 169 cm³/mol. The van der Waals surface area contributed by atoms with Crippen LogP contribution in [0.3, 0.4) is 0 Å². The molecule has 0 spiro atoms. The summed E-state index contributed by atoms with van der Waals surface area (Å²) in [6, 6.07) is 17.6. The van der Waals surface area contributed by atoms with Crippen LogP contribution in [-0.4, -0.2) is 45.8 Å². The number of anilines is 2. The highest BCUT2D eigenvalue weighted by atomic mass is 35.5. The van der Waals surface area contributed by atoms with Crippen molar-refractivity contribution in [3.05, 3.63) is 89.9 Å². The zero-order chi connectivity index (χ0) is 29.3. The van der Waals surface area contributed by atoms with Crippen LogP contribution in [0.25, 0.3) is 10.9 Å². The summed E-state index contributed by atoms with van der Waals surface area (Å²) >= 11 is 0. The van der Waals surface area contributed by atoms with Crippen LogP contribution < -0.4 is 10.2 Å². The molecule has 3 amide bonds. The molecule has 220 valence electrons. The van der Waals surface area contributed by atoms with Crippen LogP contribution >= 0.6 is 12.4 Å². The molecule has 3 heterocycles. The Morgan fingerprint density at radius 3 is 2.60 bits per heavy atom. The van der Waals surface area contributed by atoms with Gasteiger partial charge < -0.3 is 19.7 Å². The van der Waals surface area contributed by atoms with Gasteiger partial charge in [0.2, 0.25) is 17.7 Å². The first-order valence-electron chi connectivity index (χ1n) is 14.1. The van der Waals surface area contributed by atoms with Crippen LogP contribution in [0.15, 0.2) is 73.2 Å². The second kappa shape index (κ2) is 12.4. The van der Waals surface area contributed by atoms with E-state index < -0.39 is 5.41 Å². The first-order valence-corrected chi connectivity index (χ1v) is 14.1. The molecule has 42 heavy (non-hydrogen) atoms. The molecule has 1 N–H and O–H groups in total. The summed E-state index contributed by atoms with van der Waals surface area (Å²) in [5, 5.41) is 4.05. The van der Waals surface area contributed by atoms with E-state index in [0.717, 1.165) is 22.0 Å². The Morgan fingerprint density at radius 1 is 1.10 bits per heavy atom. The van der Waals surface area contributed by atoms with E-state index in [0.29, 0.717) is 30.8 Å². The van der Waals surface area contributed by atoms with Gasteiger partial charge >= 0.3 is 0 Å². The standard InChI is InChI=1S/C33H37N5O3.ClH/c1-6-27(24-12-13-26-29(19-24)36(5)32(41)33(3,4)31(40)35-26)38(18-14-23-10-8-16-34-20-23)30(39)21-37-17-15-25-22(2)9-7-11-28(25)37;/h7-13,15-17,19-20,27H,6,14,18,21H2,1-5H3,(H,35,40);1H. The molecule has 1 aliphatic heterocycles. The summed E-state index contributed by atoms with van der Waals surface area (Å²) in [6.45, 7) is 8.13. The predicted octanol–water partition coefficient (Wildman–Crippen LogP) is 5.93. The number of benzene rings is 2. The van der Waals surface area contributed by atoms with Crippen LogP contribution in [-0.2, 0) is 27.3 Å². The lowest BCUT2D eigenvalue weighted by Crippen LogP contribution is -2.43. The lowest BCUT2D eigenvalue weighted by molar-refractivity contribution is -0.136. The number of rotatable bonds is 8. The molecular formula is C33H38ClN5O3. The van der Waals surface area contributed by atoms with Crippen molar-refractivity contribution < 1.29 is 14.4 Å². The maximum atomic E-state index is 14.1. The Labute approximate surface area is 253 Å². The number of hydrogen-bond acceptors (Lipinski definition) is 4. The molecule has 1 aliphatic rings. The first kappa shape index (κ1) is 30.8. The fourth-order valence-electron chi connectivity index (χ4n) is 5.68. The molecule has 0 fully saturated rings. The zero-order valence-corrected chi connectivity index (χ0v) is 25.6. The molecular weight excluding hydrogens is 550 g/mol. The largest absolute Gasteiger partial charge is 0.338 e. The zero-order valence-electron chi connectivity index (χ0n) is 24.8. The van der Waals surface area contributed by atoms with Crippen molar-refractivity contribution in [2.75, 3.05) is 23.8 Å². The van der Waals surface area contributed by atoms with E-state index >= 15 is 0 Å². The van der Waals surface area contributed by atoms with Crippen molar-refractivity contribution in [2.45, 2.75) is 53.1 Å². The van der Waals surface area contributed by atoms with E-state index in [9.17, 15) is 14.4 Å². The lowest BCUT2D eigenvalue weighted by atomic mass is 9.91. The summed E-state index contributed by atoms with van der Waals surface area (Å²) in [6.07, 6.45) is 6.89. The van der Waals surface area contributed by atoms with Crippen molar-refractivity contribution in [3.8, 4) is 0 Å². The third kappa shape index (κ3) is 5.77. The van der Waals surface area contributed by atoms with Gasteiger partial charge in [-0.05, 0) is 80.6 Å². The number of nitrogens with zero attached hydrogens (tertiary/aromatic N) is 4. The molecule has 0 aliphatic carbocycles. The lowest BCUT2D eigenvalue weighted by Gasteiger charge is -2.33. The van der Waals surface area contributed by atoms with E-state index in [2.05, 4.69) is 36.3 Å². The molecule has 0 saturated heterocycles. The number of carbonyl (C=O) groups excluding carboxylic acids is 3. The van der Waals surface area contributed by atoms with Gasteiger partial charge in [-0.25, -0.2) is 0 Å². The monoisotopic (exact) mass is 587 g/mol. The third-order valence-electron chi connectivity index (χ3n) is 8.21. The van der Waals surface area contributed by atoms with Gasteiger partial charge in [0.25, 0.3) is 0 Å². The third-order valence-corrected chi connectivity index (χ3v) is 8.21.